The first kappa shape index (κ1) is 15.0. The van der Waals surface area contributed by atoms with Crippen LogP contribution in [0.2, 0.25) is 0 Å². The molecule has 104 valence electrons. The molecule has 1 unspecified atom stereocenters. The van der Waals surface area contributed by atoms with Gasteiger partial charge in [0.05, 0.1) is 0 Å². The van der Waals surface area contributed by atoms with Gasteiger partial charge in [-0.05, 0) is 20.3 Å². The molecule has 2 N–H and O–H groups in total. The molecular formula is C11H22N4O2S. The van der Waals surface area contributed by atoms with Gasteiger partial charge in [0, 0.05) is 25.8 Å². The van der Waals surface area contributed by atoms with Crippen LogP contribution < -0.4 is 5.73 Å². The minimum Gasteiger partial charge on any atom is -0.381 e. The van der Waals surface area contributed by atoms with Gasteiger partial charge < -0.3 is 5.73 Å². The number of aromatic nitrogens is 2. The Hall–Kier alpha value is -1.08. The Balaban J connectivity index is 3.08. The van der Waals surface area contributed by atoms with Gasteiger partial charge in [-0.15, -0.1) is 0 Å². The van der Waals surface area contributed by atoms with Crippen molar-refractivity contribution in [2.75, 3.05) is 12.8 Å². The van der Waals surface area contributed by atoms with Crippen molar-refractivity contribution in [1.29, 1.82) is 0 Å². The van der Waals surface area contributed by atoms with E-state index in [1.54, 1.807) is 7.05 Å². The minimum absolute atomic E-state index is 0.0515. The lowest BCUT2D eigenvalue weighted by Crippen LogP contribution is -2.35. The van der Waals surface area contributed by atoms with Gasteiger partial charge in [0.25, 0.3) is 0 Å². The summed E-state index contributed by atoms with van der Waals surface area (Å²) in [5.74, 6) is 0.0624. The second kappa shape index (κ2) is 5.71. The van der Waals surface area contributed by atoms with Crippen LogP contribution in [0, 0.1) is 0 Å². The zero-order valence-corrected chi connectivity index (χ0v) is 12.2. The van der Waals surface area contributed by atoms with Crippen molar-refractivity contribution in [1.82, 2.24) is 14.1 Å². The lowest BCUT2D eigenvalue weighted by atomic mass is 10.2. The third-order valence-corrected chi connectivity index (χ3v) is 5.05. The number of hydrogen-bond acceptors (Lipinski definition) is 4. The molecule has 1 aromatic heterocycles. The second-order valence-electron chi connectivity index (χ2n) is 4.39. The number of nitrogen functional groups attached to an aromatic ring is 1. The topological polar surface area (TPSA) is 81.2 Å². The monoisotopic (exact) mass is 274 g/mol. The number of sulfonamides is 1. The zero-order valence-electron chi connectivity index (χ0n) is 11.4. The zero-order chi connectivity index (χ0) is 13.9. The fourth-order valence-corrected chi connectivity index (χ4v) is 3.22. The first-order chi connectivity index (χ1) is 8.34. The molecule has 0 radical (unpaired) electrons. The van der Waals surface area contributed by atoms with Crippen molar-refractivity contribution in [2.45, 2.75) is 51.1 Å². The van der Waals surface area contributed by atoms with E-state index in [0.29, 0.717) is 6.54 Å². The van der Waals surface area contributed by atoms with E-state index in [9.17, 15) is 8.42 Å². The first-order valence-corrected chi connectivity index (χ1v) is 7.59. The summed E-state index contributed by atoms with van der Waals surface area (Å²) >= 11 is 0. The van der Waals surface area contributed by atoms with Crippen LogP contribution in [0.15, 0.2) is 11.1 Å². The first-order valence-electron chi connectivity index (χ1n) is 6.15. The number of anilines is 1. The molecule has 0 spiro atoms. The van der Waals surface area contributed by atoms with E-state index >= 15 is 0 Å². The summed E-state index contributed by atoms with van der Waals surface area (Å²) in [5, 5.41) is 3.97. The van der Waals surface area contributed by atoms with E-state index < -0.39 is 10.0 Å². The minimum atomic E-state index is -3.56. The van der Waals surface area contributed by atoms with Crippen molar-refractivity contribution in [3.63, 3.8) is 0 Å². The van der Waals surface area contributed by atoms with Gasteiger partial charge in [-0.1, -0.05) is 13.3 Å². The molecule has 0 amide bonds. The van der Waals surface area contributed by atoms with E-state index in [1.807, 2.05) is 20.8 Å². The van der Waals surface area contributed by atoms with E-state index in [4.69, 9.17) is 5.73 Å². The molecule has 6 nitrogen and oxygen atoms in total. The fourth-order valence-electron chi connectivity index (χ4n) is 1.77. The summed E-state index contributed by atoms with van der Waals surface area (Å²) < 4.78 is 27.7. The van der Waals surface area contributed by atoms with Crippen LogP contribution in [-0.2, 0) is 16.6 Å². The largest absolute Gasteiger partial charge is 0.381 e. The molecule has 1 heterocycles. The van der Waals surface area contributed by atoms with Crippen LogP contribution in [0.4, 0.5) is 5.82 Å². The summed E-state index contributed by atoms with van der Waals surface area (Å²) in [4.78, 5) is 0.0924. The van der Waals surface area contributed by atoms with Gasteiger partial charge in [-0.25, -0.2) is 8.42 Å². The van der Waals surface area contributed by atoms with Crippen molar-refractivity contribution >= 4 is 15.8 Å². The maximum Gasteiger partial charge on any atom is 0.248 e. The van der Waals surface area contributed by atoms with E-state index in [1.165, 1.54) is 15.2 Å². The van der Waals surface area contributed by atoms with Gasteiger partial charge in [0.15, 0.2) is 5.82 Å². The number of nitrogens with two attached hydrogens (primary N) is 1. The van der Waals surface area contributed by atoms with Gasteiger partial charge in [-0.3, -0.25) is 4.68 Å². The summed E-state index contributed by atoms with van der Waals surface area (Å²) in [6, 6.07) is -0.0515. The molecule has 0 saturated carbocycles. The van der Waals surface area contributed by atoms with Gasteiger partial charge in [0.1, 0.15) is 4.90 Å². The van der Waals surface area contributed by atoms with Gasteiger partial charge in [0.2, 0.25) is 10.0 Å². The average molecular weight is 274 g/mol. The molecule has 0 aliphatic rings. The molecule has 0 fully saturated rings. The van der Waals surface area contributed by atoms with Crippen molar-refractivity contribution in [3.05, 3.63) is 6.20 Å². The van der Waals surface area contributed by atoms with Crippen LogP contribution >= 0.6 is 0 Å². The van der Waals surface area contributed by atoms with Gasteiger partial charge >= 0.3 is 0 Å². The van der Waals surface area contributed by atoms with Crippen LogP contribution in [0.25, 0.3) is 0 Å². The molecule has 0 aromatic carbocycles. The Bertz CT molecular complexity index is 495. The van der Waals surface area contributed by atoms with Crippen molar-refractivity contribution < 1.29 is 8.42 Å². The number of aryl methyl sites for hydroxylation is 1. The highest BCUT2D eigenvalue weighted by molar-refractivity contribution is 7.89. The summed E-state index contributed by atoms with van der Waals surface area (Å²) in [5.41, 5.74) is 5.68. The van der Waals surface area contributed by atoms with Crippen molar-refractivity contribution in [2.24, 2.45) is 0 Å². The Morgan fingerprint density at radius 3 is 2.56 bits per heavy atom. The predicted octanol–water partition coefficient (Wildman–Crippen LogP) is 1.29. The maximum absolute atomic E-state index is 12.4. The Morgan fingerprint density at radius 1 is 1.50 bits per heavy atom. The Kier molecular flexibility index (Phi) is 4.75. The fraction of sp³-hybridized carbons (Fsp3) is 0.727. The molecule has 1 rings (SSSR count). The SMILES string of the molecule is CCCC(C)N(C)S(=O)(=O)c1cn(CC)nc1N. The molecular weight excluding hydrogens is 252 g/mol. The quantitative estimate of drug-likeness (QED) is 0.847. The maximum atomic E-state index is 12.4. The highest BCUT2D eigenvalue weighted by atomic mass is 32.2. The average Bonchev–Trinajstić information content (AvgIpc) is 2.70. The van der Waals surface area contributed by atoms with E-state index in [2.05, 4.69) is 5.10 Å². The second-order valence-corrected chi connectivity index (χ2v) is 6.36. The molecule has 0 bridgehead atoms. The smallest absolute Gasteiger partial charge is 0.248 e. The highest BCUT2D eigenvalue weighted by Gasteiger charge is 2.28. The van der Waals surface area contributed by atoms with Crippen LogP contribution in [-0.4, -0.2) is 35.6 Å². The normalized spacial score (nSPS) is 14.1. The number of hydrogen-bond donors (Lipinski definition) is 1. The van der Waals surface area contributed by atoms with Crippen LogP contribution in [0.1, 0.15) is 33.6 Å². The standard InChI is InChI=1S/C11H22N4O2S/c1-5-7-9(3)14(4)18(16,17)10-8-15(6-2)13-11(10)12/h8-9H,5-7H2,1-4H3,(H2,12,13). The predicted molar refractivity (Wildman–Crippen MR) is 71.6 cm³/mol. The molecule has 0 saturated heterocycles. The number of rotatable bonds is 6. The Labute approximate surface area is 109 Å². The lowest BCUT2D eigenvalue weighted by molar-refractivity contribution is 0.369. The summed E-state index contributed by atoms with van der Waals surface area (Å²) in [6.07, 6.45) is 3.24. The summed E-state index contributed by atoms with van der Waals surface area (Å²) in [7, 11) is -1.97. The van der Waals surface area contributed by atoms with E-state index in [-0.39, 0.29) is 16.8 Å². The Morgan fingerprint density at radius 2 is 2.11 bits per heavy atom. The van der Waals surface area contributed by atoms with Crippen molar-refractivity contribution in [3.8, 4) is 0 Å². The van der Waals surface area contributed by atoms with Crippen LogP contribution in [0.5, 0.6) is 0 Å². The molecule has 7 heteroatoms. The van der Waals surface area contributed by atoms with Crippen LogP contribution in [0.3, 0.4) is 0 Å². The third kappa shape index (κ3) is 2.84. The van der Waals surface area contributed by atoms with E-state index in [0.717, 1.165) is 12.8 Å². The molecule has 18 heavy (non-hydrogen) atoms. The highest BCUT2D eigenvalue weighted by Crippen LogP contribution is 2.22. The molecule has 0 aliphatic carbocycles. The third-order valence-electron chi connectivity index (χ3n) is 3.06. The number of nitrogens with zero attached hydrogens (tertiary/aromatic N) is 3. The molecule has 1 aromatic rings. The summed E-state index contributed by atoms with van der Waals surface area (Å²) in [6.45, 7) is 6.39. The molecule has 1 atom stereocenters. The van der Waals surface area contributed by atoms with Gasteiger partial charge in [-0.2, -0.15) is 9.40 Å². The lowest BCUT2D eigenvalue weighted by Gasteiger charge is -2.23. The molecule has 0 aliphatic heterocycles.